The molecule has 2 unspecified atom stereocenters. The molecule has 0 N–H and O–H groups in total. The van der Waals surface area contributed by atoms with Crippen LogP contribution < -0.4 is 0 Å². The molecule has 0 bridgehead atoms. The molecule has 0 saturated heterocycles. The maximum atomic E-state index is 5.91. The fourth-order valence-electron chi connectivity index (χ4n) is 1.21. The molecule has 2 atom stereocenters. The molecule has 52 valence electrons. The first-order valence-electron chi connectivity index (χ1n) is 3.60. The van der Waals surface area contributed by atoms with E-state index in [2.05, 4.69) is 19.8 Å². The second-order valence-electron chi connectivity index (χ2n) is 2.68. The third-order valence-corrected chi connectivity index (χ3v) is 2.19. The van der Waals surface area contributed by atoms with Crippen LogP contribution in [0, 0.1) is 18.8 Å². The van der Waals surface area contributed by atoms with Gasteiger partial charge in [0.05, 0.1) is 0 Å². The predicted molar refractivity (Wildman–Crippen MR) is 41.3 cm³/mol. The van der Waals surface area contributed by atoms with Crippen molar-refractivity contribution >= 4 is 11.6 Å². The number of hydrogen-bond acceptors (Lipinski definition) is 0. The van der Waals surface area contributed by atoms with Crippen molar-refractivity contribution in [2.75, 3.05) is 0 Å². The van der Waals surface area contributed by atoms with Gasteiger partial charge in [-0.15, -0.1) is 11.6 Å². The first-order valence-corrected chi connectivity index (χ1v) is 4.03. The van der Waals surface area contributed by atoms with Crippen LogP contribution in [0.1, 0.15) is 26.2 Å². The maximum absolute atomic E-state index is 5.91. The van der Waals surface area contributed by atoms with E-state index in [1.54, 1.807) is 0 Å². The van der Waals surface area contributed by atoms with Crippen molar-refractivity contribution in [3.8, 4) is 0 Å². The molecule has 1 fully saturated rings. The van der Waals surface area contributed by atoms with Crippen molar-refractivity contribution in [3.05, 3.63) is 12.8 Å². The van der Waals surface area contributed by atoms with Crippen molar-refractivity contribution in [3.63, 3.8) is 0 Å². The summed E-state index contributed by atoms with van der Waals surface area (Å²) >= 11 is 5.91. The minimum absolute atomic E-state index is 0.321. The molecule has 0 amide bonds. The molecule has 1 aliphatic carbocycles. The summed E-state index contributed by atoms with van der Waals surface area (Å²) in [4.78, 5) is 0. The van der Waals surface area contributed by atoms with Crippen LogP contribution >= 0.6 is 11.6 Å². The van der Waals surface area contributed by atoms with Gasteiger partial charge < -0.3 is 0 Å². The summed E-state index contributed by atoms with van der Waals surface area (Å²) in [7, 11) is 0. The van der Waals surface area contributed by atoms with Crippen molar-refractivity contribution in [2.24, 2.45) is 5.92 Å². The zero-order valence-electron chi connectivity index (χ0n) is 5.81. The molecule has 1 heteroatoms. The minimum Gasteiger partial charge on any atom is -0.123 e. The highest BCUT2D eigenvalue weighted by molar-refractivity contribution is 6.20. The van der Waals surface area contributed by atoms with Gasteiger partial charge in [0.1, 0.15) is 0 Å². The Morgan fingerprint density at radius 1 is 1.56 bits per heavy atom. The highest BCUT2D eigenvalue weighted by Crippen LogP contribution is 2.26. The Labute approximate surface area is 62.6 Å². The Balaban J connectivity index is 2.23. The lowest BCUT2D eigenvalue weighted by atomic mass is 9.87. The summed E-state index contributed by atoms with van der Waals surface area (Å²) < 4.78 is 0. The fraction of sp³-hybridized carbons (Fsp3) is 0.750. The Morgan fingerprint density at radius 2 is 2.33 bits per heavy atom. The normalized spacial score (nSPS) is 26.0. The lowest BCUT2D eigenvalue weighted by molar-refractivity contribution is 0.508. The van der Waals surface area contributed by atoms with Crippen LogP contribution in [0.2, 0.25) is 0 Å². The van der Waals surface area contributed by atoms with E-state index in [4.69, 9.17) is 11.6 Å². The van der Waals surface area contributed by atoms with E-state index in [0.29, 0.717) is 11.3 Å². The highest BCUT2D eigenvalue weighted by Gasteiger charge is 2.17. The maximum Gasteiger partial charge on any atom is 0.0338 e. The molecule has 2 radical (unpaired) electrons. The molecule has 0 aromatic rings. The predicted octanol–water partition coefficient (Wildman–Crippen LogP) is 2.82. The summed E-state index contributed by atoms with van der Waals surface area (Å²) in [6.45, 7) is 2.07. The first-order chi connectivity index (χ1) is 4.30. The third-order valence-electron chi connectivity index (χ3n) is 1.87. The number of hydrogen-bond donors (Lipinski definition) is 0. The Kier molecular flexibility index (Phi) is 2.84. The van der Waals surface area contributed by atoms with E-state index in [0.717, 1.165) is 0 Å². The Bertz CT molecular complexity index is 72.6. The van der Waals surface area contributed by atoms with E-state index in [1.165, 1.54) is 19.3 Å². The highest BCUT2D eigenvalue weighted by atomic mass is 35.5. The number of halogens is 1. The number of rotatable bonds is 1. The van der Waals surface area contributed by atoms with E-state index in [9.17, 15) is 0 Å². The van der Waals surface area contributed by atoms with Crippen LogP contribution in [0.25, 0.3) is 0 Å². The zero-order chi connectivity index (χ0) is 6.69. The van der Waals surface area contributed by atoms with Crippen LogP contribution in [-0.4, -0.2) is 5.38 Å². The molecule has 0 aromatic heterocycles. The van der Waals surface area contributed by atoms with Gasteiger partial charge in [-0.1, -0.05) is 0 Å². The molecule has 0 aliphatic heterocycles. The second kappa shape index (κ2) is 3.46. The lowest BCUT2D eigenvalue weighted by Crippen LogP contribution is -2.15. The van der Waals surface area contributed by atoms with E-state index in [1.807, 2.05) is 0 Å². The first kappa shape index (κ1) is 7.40. The van der Waals surface area contributed by atoms with Gasteiger partial charge >= 0.3 is 0 Å². The van der Waals surface area contributed by atoms with E-state index in [-0.39, 0.29) is 0 Å². The van der Waals surface area contributed by atoms with Crippen LogP contribution in [0.15, 0.2) is 0 Å². The average Bonchev–Trinajstić information content (AvgIpc) is 1.90. The molecule has 1 aliphatic rings. The molecule has 0 aromatic carbocycles. The minimum atomic E-state index is 0.321. The molecule has 0 nitrogen and oxygen atoms in total. The Hall–Kier alpha value is 0.290. The van der Waals surface area contributed by atoms with E-state index < -0.39 is 0 Å². The Morgan fingerprint density at radius 3 is 2.67 bits per heavy atom. The summed E-state index contributed by atoms with van der Waals surface area (Å²) in [6, 6.07) is 0. The van der Waals surface area contributed by atoms with Gasteiger partial charge in [0, 0.05) is 5.38 Å². The summed E-state index contributed by atoms with van der Waals surface area (Å²) in [5, 5.41) is 0.321. The van der Waals surface area contributed by atoms with Crippen LogP contribution in [0.3, 0.4) is 0 Å². The topological polar surface area (TPSA) is 0 Å². The molecule has 1 saturated carbocycles. The SMILES string of the molecule is CC(Cl)C1[CH]CC[CH]C1. The van der Waals surface area contributed by atoms with Gasteiger partial charge in [-0.2, -0.15) is 0 Å². The summed E-state index contributed by atoms with van der Waals surface area (Å²) in [5.74, 6) is 0.639. The van der Waals surface area contributed by atoms with Crippen LogP contribution in [0.4, 0.5) is 0 Å². The molecular weight excluding hydrogens is 132 g/mol. The van der Waals surface area contributed by atoms with Crippen molar-refractivity contribution in [2.45, 2.75) is 31.6 Å². The van der Waals surface area contributed by atoms with Crippen molar-refractivity contribution in [1.29, 1.82) is 0 Å². The standard InChI is InChI=1S/C8H13Cl/c1-7(9)8-5-3-2-4-6-8/h3,6-8H,2,4-5H2,1H3. The van der Waals surface area contributed by atoms with Gasteiger partial charge in [-0.3, -0.25) is 0 Å². The summed E-state index contributed by atoms with van der Waals surface area (Å²) in [5.41, 5.74) is 0. The van der Waals surface area contributed by atoms with Gasteiger partial charge in [-0.05, 0) is 44.9 Å². The number of alkyl halides is 1. The molecular formula is C8H13Cl. The molecule has 1 rings (SSSR count). The lowest BCUT2D eigenvalue weighted by Gasteiger charge is -2.22. The van der Waals surface area contributed by atoms with Crippen LogP contribution in [0.5, 0.6) is 0 Å². The summed E-state index contributed by atoms with van der Waals surface area (Å²) in [6.07, 6.45) is 8.34. The molecule has 0 heterocycles. The fourth-order valence-corrected chi connectivity index (χ4v) is 1.42. The molecule has 0 spiro atoms. The van der Waals surface area contributed by atoms with Crippen LogP contribution in [-0.2, 0) is 0 Å². The second-order valence-corrected chi connectivity index (χ2v) is 3.37. The van der Waals surface area contributed by atoms with Gasteiger partial charge in [0.2, 0.25) is 0 Å². The third kappa shape index (κ3) is 2.17. The quantitative estimate of drug-likeness (QED) is 0.497. The van der Waals surface area contributed by atoms with E-state index >= 15 is 0 Å². The van der Waals surface area contributed by atoms with Gasteiger partial charge in [0.15, 0.2) is 0 Å². The zero-order valence-corrected chi connectivity index (χ0v) is 6.56. The van der Waals surface area contributed by atoms with Gasteiger partial charge in [0.25, 0.3) is 0 Å². The monoisotopic (exact) mass is 144 g/mol. The smallest absolute Gasteiger partial charge is 0.0338 e. The van der Waals surface area contributed by atoms with Crippen molar-refractivity contribution < 1.29 is 0 Å². The molecule has 9 heavy (non-hydrogen) atoms. The van der Waals surface area contributed by atoms with Crippen molar-refractivity contribution in [1.82, 2.24) is 0 Å². The largest absolute Gasteiger partial charge is 0.123 e. The van der Waals surface area contributed by atoms with Gasteiger partial charge in [-0.25, -0.2) is 0 Å². The average molecular weight is 145 g/mol.